The van der Waals surface area contributed by atoms with Gasteiger partial charge in [-0.15, -0.1) is 5.10 Å². The minimum Gasteiger partial charge on any atom is -0.341 e. The average Bonchev–Trinajstić information content (AvgIpc) is 3.02. The lowest BCUT2D eigenvalue weighted by atomic mass is 10.2. The first-order valence-electron chi connectivity index (χ1n) is 8.17. The molecule has 0 aliphatic heterocycles. The SMILES string of the molecule is Cc1nc2nc(SCC(=O)N(C)Cc3ccc(F)cc3)nn2c(C)c1C. The van der Waals surface area contributed by atoms with Gasteiger partial charge in [-0.2, -0.15) is 4.98 Å². The van der Waals surface area contributed by atoms with E-state index in [1.807, 2.05) is 20.8 Å². The molecule has 0 aliphatic carbocycles. The van der Waals surface area contributed by atoms with E-state index in [1.165, 1.54) is 23.9 Å². The highest BCUT2D eigenvalue weighted by atomic mass is 32.2. The maximum atomic E-state index is 13.0. The number of hydrogen-bond acceptors (Lipinski definition) is 5. The van der Waals surface area contributed by atoms with Gasteiger partial charge in [0.15, 0.2) is 0 Å². The van der Waals surface area contributed by atoms with Crippen molar-refractivity contribution in [3.8, 4) is 0 Å². The third-order valence-corrected chi connectivity index (χ3v) is 5.15. The van der Waals surface area contributed by atoms with E-state index in [1.54, 1.807) is 28.6 Å². The minimum atomic E-state index is -0.286. The van der Waals surface area contributed by atoms with Crippen LogP contribution in [0.5, 0.6) is 0 Å². The van der Waals surface area contributed by atoms with E-state index in [2.05, 4.69) is 15.1 Å². The van der Waals surface area contributed by atoms with Crippen LogP contribution in [-0.2, 0) is 11.3 Å². The Balaban J connectivity index is 1.64. The van der Waals surface area contributed by atoms with Gasteiger partial charge < -0.3 is 4.90 Å². The number of carbonyl (C=O) groups is 1. The van der Waals surface area contributed by atoms with Gasteiger partial charge in [-0.25, -0.2) is 13.9 Å². The van der Waals surface area contributed by atoms with Gasteiger partial charge >= 0.3 is 0 Å². The zero-order chi connectivity index (χ0) is 18.8. The number of nitrogens with zero attached hydrogens (tertiary/aromatic N) is 5. The molecule has 2 heterocycles. The molecular formula is C18H20FN5OS. The summed E-state index contributed by atoms with van der Waals surface area (Å²) in [5.41, 5.74) is 3.87. The Kier molecular flexibility index (Phi) is 5.22. The number of carbonyl (C=O) groups excluding carboxylic acids is 1. The van der Waals surface area contributed by atoms with Crippen molar-refractivity contribution in [1.82, 2.24) is 24.5 Å². The summed E-state index contributed by atoms with van der Waals surface area (Å²) in [6.45, 7) is 6.34. The smallest absolute Gasteiger partial charge is 0.253 e. The molecule has 0 saturated heterocycles. The largest absolute Gasteiger partial charge is 0.341 e. The lowest BCUT2D eigenvalue weighted by molar-refractivity contribution is -0.127. The maximum Gasteiger partial charge on any atom is 0.253 e. The van der Waals surface area contributed by atoms with Crippen LogP contribution in [-0.4, -0.2) is 43.2 Å². The molecule has 0 radical (unpaired) electrons. The van der Waals surface area contributed by atoms with Crippen LogP contribution >= 0.6 is 11.8 Å². The van der Waals surface area contributed by atoms with Gasteiger partial charge in [0.2, 0.25) is 11.1 Å². The summed E-state index contributed by atoms with van der Waals surface area (Å²) in [6, 6.07) is 6.13. The van der Waals surface area contributed by atoms with Crippen LogP contribution < -0.4 is 0 Å². The Morgan fingerprint density at radius 2 is 1.88 bits per heavy atom. The van der Waals surface area contributed by atoms with Crippen LogP contribution in [0.25, 0.3) is 5.78 Å². The number of amides is 1. The van der Waals surface area contributed by atoms with Crippen molar-refractivity contribution >= 4 is 23.4 Å². The second-order valence-electron chi connectivity index (χ2n) is 6.18. The fourth-order valence-electron chi connectivity index (χ4n) is 2.49. The molecule has 3 aromatic rings. The maximum absolute atomic E-state index is 13.0. The van der Waals surface area contributed by atoms with E-state index in [-0.39, 0.29) is 17.5 Å². The minimum absolute atomic E-state index is 0.0461. The van der Waals surface area contributed by atoms with Gasteiger partial charge in [0, 0.05) is 25.0 Å². The summed E-state index contributed by atoms with van der Waals surface area (Å²) in [7, 11) is 1.72. The molecule has 136 valence electrons. The van der Waals surface area contributed by atoms with Crippen LogP contribution in [0.4, 0.5) is 4.39 Å². The second-order valence-corrected chi connectivity index (χ2v) is 7.12. The summed E-state index contributed by atoms with van der Waals surface area (Å²) in [6.07, 6.45) is 0. The van der Waals surface area contributed by atoms with Gasteiger partial charge in [0.05, 0.1) is 5.75 Å². The van der Waals surface area contributed by atoms with Crippen molar-refractivity contribution in [1.29, 1.82) is 0 Å². The summed E-state index contributed by atoms with van der Waals surface area (Å²) in [4.78, 5) is 22.8. The molecule has 0 fully saturated rings. The lowest BCUT2D eigenvalue weighted by Crippen LogP contribution is -2.27. The third kappa shape index (κ3) is 3.85. The topological polar surface area (TPSA) is 63.4 Å². The molecule has 0 atom stereocenters. The normalized spacial score (nSPS) is 11.1. The summed E-state index contributed by atoms with van der Waals surface area (Å²) >= 11 is 1.28. The van der Waals surface area contributed by atoms with Crippen LogP contribution in [0.15, 0.2) is 29.4 Å². The second kappa shape index (κ2) is 7.41. The number of thioether (sulfide) groups is 1. The van der Waals surface area contributed by atoms with E-state index in [4.69, 9.17) is 0 Å². The molecule has 0 aliphatic rings. The van der Waals surface area contributed by atoms with Crippen molar-refractivity contribution in [2.75, 3.05) is 12.8 Å². The molecule has 0 N–H and O–H groups in total. The van der Waals surface area contributed by atoms with Crippen molar-refractivity contribution in [3.63, 3.8) is 0 Å². The molecule has 1 aromatic carbocycles. The van der Waals surface area contributed by atoms with Crippen LogP contribution in [0, 0.1) is 26.6 Å². The Hall–Kier alpha value is -2.48. The van der Waals surface area contributed by atoms with E-state index in [9.17, 15) is 9.18 Å². The van der Waals surface area contributed by atoms with Crippen LogP contribution in [0.2, 0.25) is 0 Å². The Morgan fingerprint density at radius 1 is 1.19 bits per heavy atom. The molecule has 2 aromatic heterocycles. The fourth-order valence-corrected chi connectivity index (χ4v) is 3.25. The Morgan fingerprint density at radius 3 is 2.58 bits per heavy atom. The monoisotopic (exact) mass is 373 g/mol. The summed E-state index contributed by atoms with van der Waals surface area (Å²) < 4.78 is 14.7. The van der Waals surface area contributed by atoms with Crippen molar-refractivity contribution in [2.24, 2.45) is 0 Å². The van der Waals surface area contributed by atoms with Crippen molar-refractivity contribution in [2.45, 2.75) is 32.5 Å². The standard InChI is InChI=1S/C18H20FN5OS/c1-11-12(2)20-17-21-18(22-24(17)13(11)3)26-10-16(25)23(4)9-14-5-7-15(19)8-6-14/h5-8H,9-10H2,1-4H3. The van der Waals surface area contributed by atoms with Crippen molar-refractivity contribution < 1.29 is 9.18 Å². The quantitative estimate of drug-likeness (QED) is 0.644. The first-order valence-corrected chi connectivity index (χ1v) is 9.15. The molecule has 1 amide bonds. The zero-order valence-corrected chi connectivity index (χ0v) is 16.0. The Bertz CT molecular complexity index is 954. The molecular weight excluding hydrogens is 353 g/mol. The predicted octanol–water partition coefficient (Wildman–Crippen LogP) is 2.94. The summed E-state index contributed by atoms with van der Waals surface area (Å²) in [5.74, 6) is 0.437. The molecule has 0 saturated carbocycles. The number of aromatic nitrogens is 4. The third-order valence-electron chi connectivity index (χ3n) is 4.32. The first-order chi connectivity index (χ1) is 12.3. The van der Waals surface area contributed by atoms with E-state index >= 15 is 0 Å². The molecule has 8 heteroatoms. The van der Waals surface area contributed by atoms with Gasteiger partial charge in [0.1, 0.15) is 5.82 Å². The van der Waals surface area contributed by atoms with Gasteiger partial charge in [0.25, 0.3) is 5.78 Å². The predicted molar refractivity (Wildman–Crippen MR) is 98.6 cm³/mol. The number of benzene rings is 1. The molecule has 26 heavy (non-hydrogen) atoms. The average molecular weight is 373 g/mol. The van der Waals surface area contributed by atoms with Gasteiger partial charge in [-0.05, 0) is 44.0 Å². The first kappa shape index (κ1) is 18.3. The van der Waals surface area contributed by atoms with Gasteiger partial charge in [-0.3, -0.25) is 4.79 Å². The molecule has 3 rings (SSSR count). The van der Waals surface area contributed by atoms with Crippen molar-refractivity contribution in [3.05, 3.63) is 52.6 Å². The highest BCUT2D eigenvalue weighted by Crippen LogP contribution is 2.18. The molecule has 6 nitrogen and oxygen atoms in total. The fraction of sp³-hybridized carbons (Fsp3) is 0.333. The molecule has 0 spiro atoms. The van der Waals surface area contributed by atoms with E-state index < -0.39 is 0 Å². The van der Waals surface area contributed by atoms with E-state index in [0.717, 1.165) is 22.5 Å². The molecule has 0 unspecified atom stereocenters. The van der Waals surface area contributed by atoms with E-state index in [0.29, 0.717) is 17.5 Å². The number of rotatable bonds is 5. The summed E-state index contributed by atoms with van der Waals surface area (Å²) in [5, 5.41) is 4.96. The van der Waals surface area contributed by atoms with Crippen LogP contribution in [0.1, 0.15) is 22.5 Å². The highest BCUT2D eigenvalue weighted by molar-refractivity contribution is 7.99. The highest BCUT2D eigenvalue weighted by Gasteiger charge is 2.14. The number of aryl methyl sites for hydroxylation is 2. The number of hydrogen-bond donors (Lipinski definition) is 0. The van der Waals surface area contributed by atoms with Gasteiger partial charge in [-0.1, -0.05) is 23.9 Å². The number of halogens is 1. The molecule has 0 bridgehead atoms. The Labute approximate surface area is 155 Å². The lowest BCUT2D eigenvalue weighted by Gasteiger charge is -2.16. The zero-order valence-electron chi connectivity index (χ0n) is 15.2. The number of fused-ring (bicyclic) bond motifs is 1. The van der Waals surface area contributed by atoms with Crippen LogP contribution in [0.3, 0.4) is 0 Å².